The van der Waals surface area contributed by atoms with E-state index in [4.69, 9.17) is 9.47 Å². The number of nitrogens with zero attached hydrogens (tertiary/aromatic N) is 2. The molecule has 0 spiro atoms. The van der Waals surface area contributed by atoms with Crippen molar-refractivity contribution in [3.05, 3.63) is 79.7 Å². The number of aryl methyl sites for hydroxylation is 1. The van der Waals surface area contributed by atoms with Gasteiger partial charge in [-0.3, -0.25) is 9.36 Å². The van der Waals surface area contributed by atoms with Crippen LogP contribution in [0.5, 0.6) is 11.5 Å². The van der Waals surface area contributed by atoms with E-state index >= 15 is 0 Å². The highest BCUT2D eigenvalue weighted by molar-refractivity contribution is 8.00. The van der Waals surface area contributed by atoms with E-state index in [1.54, 1.807) is 42.5 Å². The molecule has 2 aromatic carbocycles. The number of sulfone groups is 1. The van der Waals surface area contributed by atoms with Crippen LogP contribution >= 0.6 is 11.3 Å². The molecule has 7 nitrogen and oxygen atoms in total. The zero-order valence-corrected chi connectivity index (χ0v) is 18.0. The third-order valence-electron chi connectivity index (χ3n) is 4.63. The van der Waals surface area contributed by atoms with Crippen LogP contribution < -0.4 is 24.2 Å². The van der Waals surface area contributed by atoms with Crippen molar-refractivity contribution in [1.29, 1.82) is 5.26 Å². The molecule has 1 aromatic heterocycles. The van der Waals surface area contributed by atoms with Crippen molar-refractivity contribution in [3.63, 3.8) is 0 Å². The van der Waals surface area contributed by atoms with Gasteiger partial charge in [0.05, 0.1) is 9.43 Å². The monoisotopic (exact) mass is 452 g/mol. The van der Waals surface area contributed by atoms with E-state index in [0.717, 1.165) is 21.5 Å². The minimum absolute atomic E-state index is 0.00457. The SMILES string of the molecule is C=Cn1c(=O)/c(=C/c2ccc3c(c2)OCO3)s/c1=C(\C#N)S(=O)(=O)c1ccc(C)cc1. The fourth-order valence-corrected chi connectivity index (χ4v) is 5.65. The molecule has 0 saturated heterocycles. The molecule has 0 saturated carbocycles. The molecule has 0 atom stereocenters. The van der Waals surface area contributed by atoms with E-state index in [-0.39, 0.29) is 20.9 Å². The van der Waals surface area contributed by atoms with Crippen LogP contribution in [0.3, 0.4) is 0 Å². The standard InChI is InChI=1S/C22H16N2O5S2/c1-3-24-21(25)19(11-15-6-9-17-18(10-15)29-13-28-17)30-22(24)20(12-23)31(26,27)16-7-4-14(2)5-8-16/h3-11H,1,13H2,2H3/b19-11-,22-20+. The van der Waals surface area contributed by atoms with Crippen LogP contribution in [0.4, 0.5) is 0 Å². The van der Waals surface area contributed by atoms with Crippen LogP contribution in [0.15, 0.2) is 58.7 Å². The Morgan fingerprint density at radius 1 is 1.19 bits per heavy atom. The molecule has 0 N–H and O–H groups in total. The molecule has 0 bridgehead atoms. The summed E-state index contributed by atoms with van der Waals surface area (Å²) in [5.74, 6) is 1.16. The Hall–Kier alpha value is -3.61. The maximum atomic E-state index is 13.1. The minimum Gasteiger partial charge on any atom is -0.454 e. The van der Waals surface area contributed by atoms with Crippen LogP contribution in [0.25, 0.3) is 17.2 Å². The highest BCUT2D eigenvalue weighted by atomic mass is 32.2. The van der Waals surface area contributed by atoms with Gasteiger partial charge < -0.3 is 9.47 Å². The van der Waals surface area contributed by atoms with Gasteiger partial charge in [0, 0.05) is 6.20 Å². The van der Waals surface area contributed by atoms with E-state index in [0.29, 0.717) is 17.1 Å². The van der Waals surface area contributed by atoms with Gasteiger partial charge >= 0.3 is 0 Å². The van der Waals surface area contributed by atoms with E-state index in [1.807, 2.05) is 6.92 Å². The molecule has 0 unspecified atom stereocenters. The lowest BCUT2D eigenvalue weighted by molar-refractivity contribution is 0.174. The normalized spacial score (nSPS) is 14.3. The van der Waals surface area contributed by atoms with Gasteiger partial charge in [0.2, 0.25) is 16.6 Å². The topological polar surface area (TPSA) is 98.4 Å². The number of rotatable bonds is 4. The fraction of sp³-hybridized carbons (Fsp3) is 0.0909. The molecular formula is C22H16N2O5S2. The van der Waals surface area contributed by atoms with Crippen molar-refractivity contribution in [2.24, 2.45) is 0 Å². The summed E-state index contributed by atoms with van der Waals surface area (Å²) in [7, 11) is -4.13. The molecule has 3 aromatic rings. The average Bonchev–Trinajstić information content (AvgIpc) is 3.33. The number of hydrogen-bond acceptors (Lipinski definition) is 7. The molecule has 0 aliphatic carbocycles. The Labute approximate surface area is 182 Å². The smallest absolute Gasteiger partial charge is 0.273 e. The van der Waals surface area contributed by atoms with Crippen molar-refractivity contribution < 1.29 is 17.9 Å². The summed E-state index contributed by atoms with van der Waals surface area (Å²) in [6.45, 7) is 5.56. The summed E-state index contributed by atoms with van der Waals surface area (Å²) in [5, 5.41) is 9.70. The van der Waals surface area contributed by atoms with Crippen LogP contribution in [-0.2, 0) is 9.84 Å². The van der Waals surface area contributed by atoms with Crippen molar-refractivity contribution in [1.82, 2.24) is 4.57 Å². The Bertz CT molecular complexity index is 1520. The van der Waals surface area contributed by atoms with Crippen LogP contribution in [0.1, 0.15) is 11.1 Å². The molecule has 4 rings (SSSR count). The lowest BCUT2D eigenvalue weighted by atomic mass is 10.2. The average molecular weight is 453 g/mol. The largest absolute Gasteiger partial charge is 0.454 e. The Kier molecular flexibility index (Phi) is 5.27. The van der Waals surface area contributed by atoms with Crippen molar-refractivity contribution in [2.75, 3.05) is 6.79 Å². The second kappa shape index (κ2) is 7.91. The first-order valence-corrected chi connectivity index (χ1v) is 11.4. The maximum Gasteiger partial charge on any atom is 0.273 e. The van der Waals surface area contributed by atoms with E-state index in [2.05, 4.69) is 6.58 Å². The van der Waals surface area contributed by atoms with Crippen molar-refractivity contribution in [3.8, 4) is 17.6 Å². The first-order chi connectivity index (χ1) is 14.8. The van der Waals surface area contributed by atoms with Crippen molar-refractivity contribution >= 4 is 38.4 Å². The molecule has 1 aliphatic heterocycles. The molecule has 9 heteroatoms. The minimum atomic E-state index is -4.13. The van der Waals surface area contributed by atoms with Crippen LogP contribution in [-0.4, -0.2) is 19.8 Å². The molecule has 156 valence electrons. The number of aromatic nitrogens is 1. The summed E-state index contributed by atoms with van der Waals surface area (Å²) in [5.41, 5.74) is 1.09. The van der Waals surface area contributed by atoms with Gasteiger partial charge in [0.15, 0.2) is 16.4 Å². The highest BCUT2D eigenvalue weighted by Crippen LogP contribution is 2.32. The number of hydrogen-bond donors (Lipinski definition) is 0. The number of benzene rings is 2. The first-order valence-electron chi connectivity index (χ1n) is 9.06. The summed E-state index contributed by atoms with van der Waals surface area (Å²) < 4.78 is 38.2. The van der Waals surface area contributed by atoms with Crippen LogP contribution in [0.2, 0.25) is 0 Å². The van der Waals surface area contributed by atoms with Gasteiger partial charge in [-0.15, -0.1) is 11.3 Å². The summed E-state index contributed by atoms with van der Waals surface area (Å²) >= 11 is 0.909. The number of fused-ring (bicyclic) bond motifs is 1. The number of thiazole rings is 1. The summed E-state index contributed by atoms with van der Waals surface area (Å²) in [4.78, 5) is 12.4. The first kappa shape index (κ1) is 20.7. The van der Waals surface area contributed by atoms with Gasteiger partial charge in [0.25, 0.3) is 5.56 Å². The lowest BCUT2D eigenvalue weighted by Gasteiger charge is -2.03. The molecule has 31 heavy (non-hydrogen) atoms. The Morgan fingerprint density at radius 3 is 2.58 bits per heavy atom. The van der Waals surface area contributed by atoms with E-state index in [9.17, 15) is 18.5 Å². The summed E-state index contributed by atoms with van der Waals surface area (Å²) in [6.07, 6.45) is 2.80. The molecule has 2 heterocycles. The number of ether oxygens (including phenoxy) is 2. The fourth-order valence-electron chi connectivity index (χ4n) is 3.03. The quantitative estimate of drug-likeness (QED) is 0.600. The molecule has 1 aliphatic rings. The second-order valence-electron chi connectivity index (χ2n) is 6.64. The predicted octanol–water partition coefficient (Wildman–Crippen LogP) is 1.98. The zero-order valence-electron chi connectivity index (χ0n) is 16.4. The van der Waals surface area contributed by atoms with Crippen LogP contribution in [0, 0.1) is 18.3 Å². The second-order valence-corrected chi connectivity index (χ2v) is 9.56. The van der Waals surface area contributed by atoms with E-state index in [1.165, 1.54) is 18.3 Å². The molecule has 0 radical (unpaired) electrons. The highest BCUT2D eigenvalue weighted by Gasteiger charge is 2.24. The van der Waals surface area contributed by atoms with E-state index < -0.39 is 20.3 Å². The van der Waals surface area contributed by atoms with Gasteiger partial charge in [-0.2, -0.15) is 5.26 Å². The third kappa shape index (κ3) is 3.67. The predicted molar refractivity (Wildman–Crippen MR) is 118 cm³/mol. The lowest BCUT2D eigenvalue weighted by Crippen LogP contribution is -2.29. The summed E-state index contributed by atoms with van der Waals surface area (Å²) in [6, 6.07) is 13.1. The maximum absolute atomic E-state index is 13.1. The van der Waals surface area contributed by atoms with Gasteiger partial charge in [-0.05, 0) is 42.8 Å². The Morgan fingerprint density at radius 2 is 1.90 bits per heavy atom. The molecular weight excluding hydrogens is 436 g/mol. The van der Waals surface area contributed by atoms with Crippen molar-refractivity contribution in [2.45, 2.75) is 11.8 Å². The van der Waals surface area contributed by atoms with Gasteiger partial charge in [-0.25, -0.2) is 8.42 Å². The number of nitriles is 1. The van der Waals surface area contributed by atoms with Gasteiger partial charge in [-0.1, -0.05) is 30.3 Å². The zero-order chi connectivity index (χ0) is 22.2. The Balaban J connectivity index is 1.96. The molecule has 0 amide bonds. The van der Waals surface area contributed by atoms with Gasteiger partial charge in [0.1, 0.15) is 10.7 Å². The third-order valence-corrected chi connectivity index (χ3v) is 7.58. The molecule has 0 fully saturated rings.